The Balaban J connectivity index is 1.93. The van der Waals surface area contributed by atoms with E-state index in [-0.39, 0.29) is 0 Å². The van der Waals surface area contributed by atoms with Crippen LogP contribution in [0.5, 0.6) is 0 Å². The lowest BCUT2D eigenvalue weighted by Gasteiger charge is -2.11. The molecule has 5 heteroatoms. The number of hydrogen-bond acceptors (Lipinski definition) is 3. The van der Waals surface area contributed by atoms with Crippen molar-refractivity contribution >= 4 is 32.8 Å². The molecule has 0 bridgehead atoms. The monoisotopic (exact) mass is 361 g/mol. The van der Waals surface area contributed by atoms with Crippen LogP contribution in [-0.4, -0.2) is 24.1 Å². The average molecular weight is 361 g/mol. The zero-order valence-corrected chi connectivity index (χ0v) is 14.9. The molecular formula is C23H15N5. The number of nitrogens with zero attached hydrogens (tertiary/aromatic N) is 5. The number of aromatic nitrogens is 5. The maximum absolute atomic E-state index is 4.45. The third kappa shape index (κ3) is 1.98. The van der Waals surface area contributed by atoms with Crippen molar-refractivity contribution in [2.75, 3.05) is 0 Å². The fourth-order valence-corrected chi connectivity index (χ4v) is 4.09. The van der Waals surface area contributed by atoms with Crippen molar-refractivity contribution in [1.29, 1.82) is 0 Å². The van der Waals surface area contributed by atoms with Crippen LogP contribution in [0.4, 0.5) is 0 Å². The van der Waals surface area contributed by atoms with Crippen LogP contribution >= 0.6 is 0 Å². The van der Waals surface area contributed by atoms with E-state index in [4.69, 9.17) is 0 Å². The Morgan fingerprint density at radius 1 is 0.571 bits per heavy atom. The van der Waals surface area contributed by atoms with Crippen LogP contribution in [0.1, 0.15) is 0 Å². The molecule has 6 rings (SSSR count). The molecule has 28 heavy (non-hydrogen) atoms. The Bertz CT molecular complexity index is 1340. The van der Waals surface area contributed by atoms with Gasteiger partial charge in [-0.1, -0.05) is 54.6 Å². The molecule has 6 aromatic rings. The van der Waals surface area contributed by atoms with Gasteiger partial charge in [0, 0.05) is 21.8 Å². The van der Waals surface area contributed by atoms with E-state index < -0.39 is 0 Å². The average Bonchev–Trinajstić information content (AvgIpc) is 3.27. The number of benzene rings is 3. The van der Waals surface area contributed by atoms with Crippen LogP contribution in [0, 0.1) is 0 Å². The molecule has 0 aliphatic heterocycles. The van der Waals surface area contributed by atoms with Crippen molar-refractivity contribution in [1.82, 2.24) is 24.1 Å². The number of rotatable bonds is 2. The van der Waals surface area contributed by atoms with E-state index in [2.05, 4.69) is 90.8 Å². The highest BCUT2D eigenvalue weighted by Gasteiger charge is 2.22. The summed E-state index contributed by atoms with van der Waals surface area (Å²) in [7, 11) is 0. The minimum absolute atomic E-state index is 0.612. The Morgan fingerprint density at radius 2 is 1.14 bits per heavy atom. The minimum atomic E-state index is 0.612. The summed E-state index contributed by atoms with van der Waals surface area (Å²) in [6, 6.07) is 27.3. The molecular weight excluding hydrogens is 346 g/mol. The summed E-state index contributed by atoms with van der Waals surface area (Å²) < 4.78 is 4.41. The largest absolute Gasteiger partial charge is 0.295 e. The fourth-order valence-electron chi connectivity index (χ4n) is 4.09. The number of hydrogen-bond donors (Lipinski definition) is 0. The van der Waals surface area contributed by atoms with Crippen molar-refractivity contribution in [2.24, 2.45) is 0 Å². The highest BCUT2D eigenvalue weighted by molar-refractivity contribution is 6.22. The van der Waals surface area contributed by atoms with Crippen molar-refractivity contribution in [3.05, 3.63) is 91.5 Å². The smallest absolute Gasteiger partial charge is 0.238 e. The summed E-state index contributed by atoms with van der Waals surface area (Å²) in [5, 5.41) is 3.60. The van der Waals surface area contributed by atoms with E-state index in [0.717, 1.165) is 22.4 Å². The topological polar surface area (TPSA) is 48.5 Å². The van der Waals surface area contributed by atoms with Gasteiger partial charge >= 0.3 is 0 Å². The Kier molecular flexibility index (Phi) is 3.10. The number of fused-ring (bicyclic) bond motifs is 5. The van der Waals surface area contributed by atoms with Gasteiger partial charge in [0.2, 0.25) is 5.95 Å². The van der Waals surface area contributed by atoms with E-state index in [9.17, 15) is 0 Å². The first-order chi connectivity index (χ1) is 13.9. The molecule has 132 valence electrons. The summed E-state index contributed by atoms with van der Waals surface area (Å²) in [5.41, 5.74) is 4.40. The van der Waals surface area contributed by atoms with E-state index in [1.165, 1.54) is 16.2 Å². The lowest BCUT2D eigenvalue weighted by atomic mass is 10.1. The molecule has 5 nitrogen and oxygen atoms in total. The van der Waals surface area contributed by atoms with Gasteiger partial charge in [-0.05, 0) is 24.3 Å². The van der Waals surface area contributed by atoms with E-state index >= 15 is 0 Å². The van der Waals surface area contributed by atoms with Crippen LogP contribution in [0.15, 0.2) is 91.5 Å². The molecule has 0 aliphatic carbocycles. The van der Waals surface area contributed by atoms with Crippen molar-refractivity contribution in [3.63, 3.8) is 0 Å². The quantitative estimate of drug-likeness (QED) is 0.440. The van der Waals surface area contributed by atoms with E-state index in [1.54, 1.807) is 12.7 Å². The van der Waals surface area contributed by atoms with Gasteiger partial charge in [-0.15, -0.1) is 0 Å². The van der Waals surface area contributed by atoms with Crippen LogP contribution in [0.2, 0.25) is 0 Å². The summed E-state index contributed by atoms with van der Waals surface area (Å²) in [6.07, 6.45) is 3.08. The molecule has 3 aromatic carbocycles. The minimum Gasteiger partial charge on any atom is -0.295 e. The van der Waals surface area contributed by atoms with Crippen molar-refractivity contribution in [3.8, 4) is 11.6 Å². The Morgan fingerprint density at radius 3 is 1.82 bits per heavy atom. The van der Waals surface area contributed by atoms with Gasteiger partial charge in [0.1, 0.15) is 18.3 Å². The van der Waals surface area contributed by atoms with Crippen molar-refractivity contribution < 1.29 is 0 Å². The molecule has 0 atom stereocenters. The highest BCUT2D eigenvalue weighted by atomic mass is 15.2. The van der Waals surface area contributed by atoms with Crippen LogP contribution in [0.3, 0.4) is 0 Å². The second-order valence-corrected chi connectivity index (χ2v) is 6.68. The second kappa shape index (κ2) is 5.76. The normalized spacial score (nSPS) is 11.6. The molecule has 0 radical (unpaired) electrons. The van der Waals surface area contributed by atoms with Gasteiger partial charge < -0.3 is 0 Å². The lowest BCUT2D eigenvalue weighted by molar-refractivity contribution is 0.921. The Hall–Kier alpha value is -3.99. The summed E-state index contributed by atoms with van der Waals surface area (Å²) in [6.45, 7) is 0. The Labute approximate surface area is 160 Å². The lowest BCUT2D eigenvalue weighted by Crippen LogP contribution is -2.05. The van der Waals surface area contributed by atoms with E-state index in [0.29, 0.717) is 5.95 Å². The van der Waals surface area contributed by atoms with Gasteiger partial charge in [0.05, 0.1) is 11.0 Å². The number of para-hydroxylation sites is 3. The molecule has 0 aliphatic rings. The molecule has 0 saturated heterocycles. The second-order valence-electron chi connectivity index (χ2n) is 6.68. The summed E-state index contributed by atoms with van der Waals surface area (Å²) >= 11 is 0. The predicted molar refractivity (Wildman–Crippen MR) is 111 cm³/mol. The first kappa shape index (κ1) is 15.1. The standard InChI is InChI=1S/C23H15N5/c1-2-8-16(9-3-1)27-19-12-6-4-10-17(19)21-18-11-5-7-13-20(18)28(22(21)27)23-25-14-24-15-26-23/h1-15H. The van der Waals surface area contributed by atoms with E-state index in [1.807, 2.05) is 12.1 Å². The van der Waals surface area contributed by atoms with Crippen LogP contribution < -0.4 is 0 Å². The zero-order valence-electron chi connectivity index (χ0n) is 14.9. The zero-order chi connectivity index (χ0) is 18.5. The molecule has 0 unspecified atom stereocenters. The maximum atomic E-state index is 4.45. The molecule has 0 fully saturated rings. The summed E-state index contributed by atoms with van der Waals surface area (Å²) in [4.78, 5) is 12.9. The van der Waals surface area contributed by atoms with Gasteiger partial charge in [-0.25, -0.2) is 15.0 Å². The molecule has 0 N–H and O–H groups in total. The third-order valence-corrected chi connectivity index (χ3v) is 5.17. The third-order valence-electron chi connectivity index (χ3n) is 5.17. The van der Waals surface area contributed by atoms with Crippen molar-refractivity contribution in [2.45, 2.75) is 0 Å². The predicted octanol–water partition coefficient (Wildman–Crippen LogP) is 4.91. The molecule has 0 amide bonds. The van der Waals surface area contributed by atoms with Gasteiger partial charge in [-0.3, -0.25) is 9.13 Å². The first-order valence-corrected chi connectivity index (χ1v) is 9.14. The molecule has 0 spiro atoms. The summed E-state index contributed by atoms with van der Waals surface area (Å²) in [5.74, 6) is 0.612. The van der Waals surface area contributed by atoms with Crippen LogP contribution in [0.25, 0.3) is 44.5 Å². The first-order valence-electron chi connectivity index (χ1n) is 9.14. The fraction of sp³-hybridized carbons (Fsp3) is 0. The SMILES string of the molecule is c1ccc(-n2c3ccccc3c3c4ccccc4n(-c4ncncn4)c32)cc1. The maximum Gasteiger partial charge on any atom is 0.238 e. The molecule has 3 heterocycles. The van der Waals surface area contributed by atoms with Crippen LogP contribution in [-0.2, 0) is 0 Å². The van der Waals surface area contributed by atoms with Gasteiger partial charge in [-0.2, -0.15) is 0 Å². The molecule has 3 aromatic heterocycles. The van der Waals surface area contributed by atoms with Gasteiger partial charge in [0.25, 0.3) is 0 Å². The van der Waals surface area contributed by atoms with Gasteiger partial charge in [0.15, 0.2) is 0 Å². The molecule has 0 saturated carbocycles. The highest BCUT2D eigenvalue weighted by Crippen LogP contribution is 2.39.